The maximum absolute atomic E-state index is 6.06. The van der Waals surface area contributed by atoms with Crippen LogP contribution in [0.3, 0.4) is 0 Å². The van der Waals surface area contributed by atoms with Gasteiger partial charge in [-0.3, -0.25) is 4.98 Å². The monoisotopic (exact) mass is 340 g/mol. The second kappa shape index (κ2) is 7.38. The topological polar surface area (TPSA) is 51.1 Å². The first-order valence-corrected chi connectivity index (χ1v) is 7.82. The molecule has 0 saturated heterocycles. The van der Waals surface area contributed by atoms with Crippen LogP contribution in [0.4, 0.5) is 11.6 Å². The van der Waals surface area contributed by atoms with E-state index in [1.54, 1.807) is 19.5 Å². The van der Waals surface area contributed by atoms with Crippen LogP contribution >= 0.6 is 11.6 Å². The van der Waals surface area contributed by atoms with Crippen LogP contribution < -0.4 is 4.90 Å². The number of benzene rings is 1. The van der Waals surface area contributed by atoms with E-state index < -0.39 is 0 Å². The Morgan fingerprint density at radius 2 is 1.92 bits per heavy atom. The van der Waals surface area contributed by atoms with E-state index in [0.717, 1.165) is 22.6 Å². The van der Waals surface area contributed by atoms with Crippen molar-refractivity contribution in [3.05, 3.63) is 65.6 Å². The molecule has 0 atom stereocenters. The summed E-state index contributed by atoms with van der Waals surface area (Å²) in [7, 11) is 3.56. The van der Waals surface area contributed by atoms with E-state index in [-0.39, 0.29) is 0 Å². The molecule has 6 heteroatoms. The Morgan fingerprint density at radius 3 is 2.71 bits per heavy atom. The fraction of sp³-hybridized carbons (Fsp3) is 0.167. The molecule has 0 radical (unpaired) electrons. The number of nitrogens with zero attached hydrogens (tertiary/aromatic N) is 4. The van der Waals surface area contributed by atoms with Crippen molar-refractivity contribution in [2.45, 2.75) is 6.61 Å². The minimum absolute atomic E-state index is 0.466. The Labute approximate surface area is 145 Å². The Bertz CT molecular complexity index is 841. The van der Waals surface area contributed by atoms with Gasteiger partial charge in [0.05, 0.1) is 18.0 Å². The quantitative estimate of drug-likeness (QED) is 0.699. The summed E-state index contributed by atoms with van der Waals surface area (Å²) in [4.78, 5) is 15.2. The molecular weight excluding hydrogens is 324 g/mol. The highest BCUT2D eigenvalue weighted by molar-refractivity contribution is 6.30. The van der Waals surface area contributed by atoms with E-state index in [4.69, 9.17) is 16.3 Å². The van der Waals surface area contributed by atoms with Gasteiger partial charge < -0.3 is 9.64 Å². The van der Waals surface area contributed by atoms with Crippen LogP contribution in [-0.2, 0) is 11.3 Å². The Hall–Kier alpha value is -2.50. The fourth-order valence-corrected chi connectivity index (χ4v) is 2.52. The molecule has 0 amide bonds. The van der Waals surface area contributed by atoms with Gasteiger partial charge in [-0.15, -0.1) is 0 Å². The molecule has 0 aliphatic carbocycles. The van der Waals surface area contributed by atoms with E-state index in [2.05, 4.69) is 15.0 Å². The minimum Gasteiger partial charge on any atom is -0.378 e. The molecule has 2 aromatic heterocycles. The number of halogens is 1. The first-order chi connectivity index (χ1) is 11.7. The van der Waals surface area contributed by atoms with Crippen molar-refractivity contribution in [1.82, 2.24) is 15.0 Å². The van der Waals surface area contributed by atoms with Gasteiger partial charge in [0.1, 0.15) is 0 Å². The summed E-state index contributed by atoms with van der Waals surface area (Å²) in [6.45, 7) is 0.466. The Kier molecular flexibility index (Phi) is 5.03. The van der Waals surface area contributed by atoms with Crippen LogP contribution in [0.25, 0.3) is 11.3 Å². The first kappa shape index (κ1) is 16.4. The predicted molar refractivity (Wildman–Crippen MR) is 95.5 cm³/mol. The van der Waals surface area contributed by atoms with E-state index in [1.807, 2.05) is 54.4 Å². The third kappa shape index (κ3) is 3.69. The number of anilines is 2. The average molecular weight is 341 g/mol. The highest BCUT2D eigenvalue weighted by atomic mass is 35.5. The van der Waals surface area contributed by atoms with Gasteiger partial charge in [-0.25, -0.2) is 9.97 Å². The van der Waals surface area contributed by atoms with Crippen LogP contribution in [0.15, 0.2) is 54.9 Å². The molecule has 5 nitrogen and oxygen atoms in total. The molecule has 3 rings (SSSR count). The third-order valence-electron chi connectivity index (χ3n) is 3.54. The standard InChI is InChI=1S/C18H17ClN4O/c1-23(16-5-3-4-14(19)11-16)18-21-9-7-17(22-18)13-6-8-20-15(10-13)12-24-2/h3-11H,12H2,1-2H3. The summed E-state index contributed by atoms with van der Waals surface area (Å²) in [5.74, 6) is 0.597. The molecule has 2 heterocycles. The van der Waals surface area contributed by atoms with Gasteiger partial charge in [0.2, 0.25) is 5.95 Å². The normalized spacial score (nSPS) is 10.6. The van der Waals surface area contributed by atoms with Crippen LogP contribution in [0, 0.1) is 0 Å². The van der Waals surface area contributed by atoms with E-state index in [1.165, 1.54) is 0 Å². The van der Waals surface area contributed by atoms with Crippen molar-refractivity contribution in [1.29, 1.82) is 0 Å². The summed E-state index contributed by atoms with van der Waals surface area (Å²) in [5.41, 5.74) is 3.58. The molecular formula is C18H17ClN4O. The minimum atomic E-state index is 0.466. The molecule has 0 unspecified atom stereocenters. The summed E-state index contributed by atoms with van der Waals surface area (Å²) >= 11 is 6.06. The number of ether oxygens (including phenoxy) is 1. The molecule has 0 bridgehead atoms. The second-order valence-corrected chi connectivity index (χ2v) is 5.69. The van der Waals surface area contributed by atoms with Gasteiger partial charge in [0.25, 0.3) is 0 Å². The van der Waals surface area contributed by atoms with E-state index >= 15 is 0 Å². The largest absolute Gasteiger partial charge is 0.378 e. The zero-order valence-corrected chi connectivity index (χ0v) is 14.2. The molecule has 122 valence electrons. The number of pyridine rings is 1. The van der Waals surface area contributed by atoms with Crippen molar-refractivity contribution >= 4 is 23.2 Å². The van der Waals surface area contributed by atoms with Crippen molar-refractivity contribution in [2.24, 2.45) is 0 Å². The number of aromatic nitrogens is 3. The van der Waals surface area contributed by atoms with Crippen LogP contribution in [0.1, 0.15) is 5.69 Å². The highest BCUT2D eigenvalue weighted by Gasteiger charge is 2.10. The lowest BCUT2D eigenvalue weighted by Gasteiger charge is -2.18. The lowest BCUT2D eigenvalue weighted by atomic mass is 10.1. The Balaban J connectivity index is 1.93. The van der Waals surface area contributed by atoms with Crippen molar-refractivity contribution < 1.29 is 4.74 Å². The zero-order valence-electron chi connectivity index (χ0n) is 13.5. The highest BCUT2D eigenvalue weighted by Crippen LogP contribution is 2.25. The summed E-state index contributed by atoms with van der Waals surface area (Å²) in [6.07, 6.45) is 3.50. The fourth-order valence-electron chi connectivity index (χ4n) is 2.34. The average Bonchev–Trinajstić information content (AvgIpc) is 2.62. The maximum Gasteiger partial charge on any atom is 0.230 e. The third-order valence-corrected chi connectivity index (χ3v) is 3.78. The van der Waals surface area contributed by atoms with Gasteiger partial charge in [-0.1, -0.05) is 17.7 Å². The smallest absolute Gasteiger partial charge is 0.230 e. The van der Waals surface area contributed by atoms with E-state index in [9.17, 15) is 0 Å². The first-order valence-electron chi connectivity index (χ1n) is 7.44. The molecule has 24 heavy (non-hydrogen) atoms. The molecule has 1 aromatic carbocycles. The van der Waals surface area contributed by atoms with Crippen LogP contribution in [0.2, 0.25) is 5.02 Å². The number of hydrogen-bond acceptors (Lipinski definition) is 5. The zero-order chi connectivity index (χ0) is 16.9. The van der Waals surface area contributed by atoms with Crippen LogP contribution in [0.5, 0.6) is 0 Å². The van der Waals surface area contributed by atoms with Gasteiger partial charge in [0.15, 0.2) is 0 Å². The van der Waals surface area contributed by atoms with Crippen molar-refractivity contribution in [3.8, 4) is 11.3 Å². The Morgan fingerprint density at radius 1 is 1.08 bits per heavy atom. The molecule has 0 aliphatic rings. The molecule has 0 aliphatic heterocycles. The maximum atomic E-state index is 6.06. The molecule has 0 spiro atoms. The summed E-state index contributed by atoms with van der Waals surface area (Å²) in [6, 6.07) is 13.3. The molecule has 0 saturated carbocycles. The lowest BCUT2D eigenvalue weighted by Crippen LogP contribution is -2.13. The van der Waals surface area contributed by atoms with Crippen molar-refractivity contribution in [3.63, 3.8) is 0 Å². The predicted octanol–water partition coefficient (Wildman–Crippen LogP) is 4.11. The SMILES string of the molecule is COCc1cc(-c2ccnc(N(C)c3cccc(Cl)c3)n2)ccn1. The van der Waals surface area contributed by atoms with Crippen molar-refractivity contribution in [2.75, 3.05) is 19.1 Å². The van der Waals surface area contributed by atoms with Gasteiger partial charge in [-0.05, 0) is 36.4 Å². The van der Waals surface area contributed by atoms with Crippen LogP contribution in [-0.4, -0.2) is 29.1 Å². The summed E-state index contributed by atoms with van der Waals surface area (Å²) < 4.78 is 5.13. The number of methoxy groups -OCH3 is 1. The van der Waals surface area contributed by atoms with E-state index in [0.29, 0.717) is 17.6 Å². The number of rotatable bonds is 5. The molecule has 0 N–H and O–H groups in total. The molecule has 3 aromatic rings. The molecule has 0 fully saturated rings. The number of hydrogen-bond donors (Lipinski definition) is 0. The van der Waals surface area contributed by atoms with Gasteiger partial charge in [-0.2, -0.15) is 0 Å². The lowest BCUT2D eigenvalue weighted by molar-refractivity contribution is 0.181. The second-order valence-electron chi connectivity index (χ2n) is 5.25. The summed E-state index contributed by atoms with van der Waals surface area (Å²) in [5, 5.41) is 0.675. The van der Waals surface area contributed by atoms with Gasteiger partial charge in [0, 0.05) is 42.8 Å². The van der Waals surface area contributed by atoms with Gasteiger partial charge >= 0.3 is 0 Å².